The second-order valence-electron chi connectivity index (χ2n) is 9.44. The standard InChI is InChI=1S/C21H31NO4/c1-5-19(2,3)17(23)25-16-11-15-10-14(16)12-21(15,13-22)18(24)26-20(4)8-6-7-9-20/h14-16H,5-12H2,1-4H3. The van der Waals surface area contributed by atoms with Gasteiger partial charge in [-0.25, -0.2) is 0 Å². The van der Waals surface area contributed by atoms with Gasteiger partial charge in [0.25, 0.3) is 0 Å². The lowest BCUT2D eigenvalue weighted by atomic mass is 9.73. The van der Waals surface area contributed by atoms with Gasteiger partial charge in [0.05, 0.1) is 11.5 Å². The molecular formula is C21H31NO4. The molecule has 0 spiro atoms. The van der Waals surface area contributed by atoms with Gasteiger partial charge in [0.2, 0.25) is 0 Å². The number of hydrogen-bond donors (Lipinski definition) is 0. The number of fused-ring (bicyclic) bond motifs is 2. The third kappa shape index (κ3) is 3.12. The van der Waals surface area contributed by atoms with Crippen molar-refractivity contribution >= 4 is 11.9 Å². The van der Waals surface area contributed by atoms with E-state index in [4.69, 9.17) is 9.47 Å². The predicted octanol–water partition coefficient (Wildman–Crippen LogP) is 4.15. The predicted molar refractivity (Wildman–Crippen MR) is 95.8 cm³/mol. The summed E-state index contributed by atoms with van der Waals surface area (Å²) in [6.45, 7) is 7.74. The molecule has 4 atom stereocenters. The normalized spacial score (nSPS) is 35.1. The Labute approximate surface area is 156 Å². The van der Waals surface area contributed by atoms with E-state index in [0.717, 1.165) is 38.5 Å². The SMILES string of the molecule is CCC(C)(C)C(=O)OC1CC2CC1CC2(C#N)C(=O)OC1(C)CCCC1. The molecule has 0 N–H and O–H groups in total. The molecule has 3 rings (SSSR count). The van der Waals surface area contributed by atoms with Crippen LogP contribution in [0.15, 0.2) is 0 Å². The van der Waals surface area contributed by atoms with Crippen molar-refractivity contribution in [1.29, 1.82) is 5.26 Å². The Bertz CT molecular complexity index is 628. The van der Waals surface area contributed by atoms with Crippen molar-refractivity contribution in [2.24, 2.45) is 22.7 Å². The smallest absolute Gasteiger partial charge is 0.327 e. The van der Waals surface area contributed by atoms with Crippen molar-refractivity contribution in [2.75, 3.05) is 0 Å². The molecule has 0 heterocycles. The van der Waals surface area contributed by atoms with Gasteiger partial charge in [-0.1, -0.05) is 6.92 Å². The third-order valence-corrected chi connectivity index (χ3v) is 7.17. The van der Waals surface area contributed by atoms with Crippen LogP contribution >= 0.6 is 0 Å². The van der Waals surface area contributed by atoms with Gasteiger partial charge in [0.1, 0.15) is 11.7 Å². The lowest BCUT2D eigenvalue weighted by Gasteiger charge is -2.36. The van der Waals surface area contributed by atoms with Crippen LogP contribution in [0.1, 0.15) is 79.1 Å². The lowest BCUT2D eigenvalue weighted by molar-refractivity contribution is -0.173. The molecule has 0 aromatic rings. The number of nitriles is 1. The van der Waals surface area contributed by atoms with E-state index in [2.05, 4.69) is 6.07 Å². The summed E-state index contributed by atoms with van der Waals surface area (Å²) < 4.78 is 11.6. The number of hydrogen-bond acceptors (Lipinski definition) is 5. The molecular weight excluding hydrogens is 330 g/mol. The monoisotopic (exact) mass is 361 g/mol. The number of carbonyl (C=O) groups is 2. The Morgan fingerprint density at radius 1 is 1.23 bits per heavy atom. The van der Waals surface area contributed by atoms with Crippen LogP contribution in [0.2, 0.25) is 0 Å². The zero-order chi connectivity index (χ0) is 19.2. The van der Waals surface area contributed by atoms with Crippen LogP contribution in [-0.2, 0) is 19.1 Å². The van der Waals surface area contributed by atoms with E-state index in [-0.39, 0.29) is 29.9 Å². The van der Waals surface area contributed by atoms with E-state index < -0.39 is 16.4 Å². The zero-order valence-electron chi connectivity index (χ0n) is 16.5. The summed E-state index contributed by atoms with van der Waals surface area (Å²) in [4.78, 5) is 25.3. The maximum Gasteiger partial charge on any atom is 0.327 e. The van der Waals surface area contributed by atoms with Gasteiger partial charge in [0, 0.05) is 0 Å². The summed E-state index contributed by atoms with van der Waals surface area (Å²) in [6, 6.07) is 2.30. The van der Waals surface area contributed by atoms with Gasteiger partial charge in [-0.2, -0.15) is 5.26 Å². The Morgan fingerprint density at radius 2 is 1.88 bits per heavy atom. The molecule has 3 aliphatic carbocycles. The molecule has 0 saturated heterocycles. The summed E-state index contributed by atoms with van der Waals surface area (Å²) >= 11 is 0. The van der Waals surface area contributed by atoms with E-state index in [9.17, 15) is 14.9 Å². The van der Waals surface area contributed by atoms with Crippen LogP contribution in [0.25, 0.3) is 0 Å². The number of nitrogens with zero attached hydrogens (tertiary/aromatic N) is 1. The first kappa shape index (κ1) is 19.2. The Balaban J connectivity index is 1.66. The lowest BCUT2D eigenvalue weighted by Crippen LogP contribution is -2.44. The van der Waals surface area contributed by atoms with Crippen molar-refractivity contribution in [3.63, 3.8) is 0 Å². The number of ether oxygens (including phenoxy) is 2. The summed E-state index contributed by atoms with van der Waals surface area (Å²) in [5, 5.41) is 9.84. The van der Waals surface area contributed by atoms with E-state index in [1.807, 2.05) is 27.7 Å². The molecule has 2 bridgehead atoms. The quantitative estimate of drug-likeness (QED) is 0.688. The molecule has 3 saturated carbocycles. The average molecular weight is 361 g/mol. The first-order valence-corrected chi connectivity index (χ1v) is 10.0. The molecule has 26 heavy (non-hydrogen) atoms. The van der Waals surface area contributed by atoms with Gasteiger partial charge in [0.15, 0.2) is 5.41 Å². The molecule has 3 fully saturated rings. The van der Waals surface area contributed by atoms with Crippen LogP contribution in [0, 0.1) is 34.0 Å². The summed E-state index contributed by atoms with van der Waals surface area (Å²) in [5.74, 6) is -0.519. The van der Waals surface area contributed by atoms with E-state index in [1.165, 1.54) is 0 Å². The summed E-state index contributed by atoms with van der Waals surface area (Å²) in [7, 11) is 0. The Morgan fingerprint density at radius 3 is 2.38 bits per heavy atom. The second-order valence-corrected chi connectivity index (χ2v) is 9.44. The molecule has 3 aliphatic rings. The highest BCUT2D eigenvalue weighted by Gasteiger charge is 2.62. The molecule has 0 aliphatic heterocycles. The highest BCUT2D eigenvalue weighted by molar-refractivity contribution is 5.82. The average Bonchev–Trinajstić information content (AvgIpc) is 3.29. The Hall–Kier alpha value is -1.57. The van der Waals surface area contributed by atoms with Crippen molar-refractivity contribution in [3.05, 3.63) is 0 Å². The molecule has 4 unspecified atom stereocenters. The maximum atomic E-state index is 12.9. The second kappa shape index (κ2) is 6.55. The van der Waals surface area contributed by atoms with Crippen molar-refractivity contribution < 1.29 is 19.1 Å². The van der Waals surface area contributed by atoms with Crippen molar-refractivity contribution in [2.45, 2.75) is 90.8 Å². The fraction of sp³-hybridized carbons (Fsp3) is 0.857. The molecule has 0 radical (unpaired) electrons. The van der Waals surface area contributed by atoms with Crippen LogP contribution in [0.3, 0.4) is 0 Å². The molecule has 144 valence electrons. The molecule has 5 heteroatoms. The Kier molecular flexibility index (Phi) is 4.83. The number of esters is 2. The van der Waals surface area contributed by atoms with Crippen LogP contribution < -0.4 is 0 Å². The van der Waals surface area contributed by atoms with Gasteiger partial charge in [-0.15, -0.1) is 0 Å². The summed E-state index contributed by atoms with van der Waals surface area (Å²) in [5.41, 5.74) is -1.97. The topological polar surface area (TPSA) is 76.4 Å². The fourth-order valence-electron chi connectivity index (χ4n) is 4.84. The molecule has 0 aromatic carbocycles. The van der Waals surface area contributed by atoms with Crippen molar-refractivity contribution in [3.8, 4) is 6.07 Å². The zero-order valence-corrected chi connectivity index (χ0v) is 16.5. The van der Waals surface area contributed by atoms with Gasteiger partial charge in [-0.3, -0.25) is 9.59 Å². The van der Waals surface area contributed by atoms with E-state index in [0.29, 0.717) is 12.8 Å². The highest BCUT2D eigenvalue weighted by Crippen LogP contribution is 2.58. The van der Waals surface area contributed by atoms with Crippen LogP contribution in [-0.4, -0.2) is 23.6 Å². The van der Waals surface area contributed by atoms with E-state index >= 15 is 0 Å². The minimum absolute atomic E-state index is 0.0717. The van der Waals surface area contributed by atoms with Gasteiger partial charge >= 0.3 is 11.9 Å². The van der Waals surface area contributed by atoms with Gasteiger partial charge < -0.3 is 9.47 Å². The fourth-order valence-corrected chi connectivity index (χ4v) is 4.84. The minimum atomic E-state index is -1.06. The maximum absolute atomic E-state index is 12.9. The highest BCUT2D eigenvalue weighted by atomic mass is 16.6. The number of rotatable bonds is 5. The van der Waals surface area contributed by atoms with Crippen LogP contribution in [0.5, 0.6) is 0 Å². The van der Waals surface area contributed by atoms with Gasteiger partial charge in [-0.05, 0) is 84.0 Å². The van der Waals surface area contributed by atoms with Crippen LogP contribution in [0.4, 0.5) is 0 Å². The number of carbonyl (C=O) groups excluding carboxylic acids is 2. The molecule has 0 aromatic heterocycles. The first-order chi connectivity index (χ1) is 12.2. The van der Waals surface area contributed by atoms with Crippen molar-refractivity contribution in [1.82, 2.24) is 0 Å². The molecule has 0 amide bonds. The molecule has 5 nitrogen and oxygen atoms in total. The summed E-state index contributed by atoms with van der Waals surface area (Å²) in [6.07, 6.45) is 6.25. The minimum Gasteiger partial charge on any atom is -0.462 e. The van der Waals surface area contributed by atoms with E-state index in [1.54, 1.807) is 0 Å². The first-order valence-electron chi connectivity index (χ1n) is 10.0. The largest absolute Gasteiger partial charge is 0.462 e. The third-order valence-electron chi connectivity index (χ3n) is 7.17.